The third-order valence-electron chi connectivity index (χ3n) is 4.03. The summed E-state index contributed by atoms with van der Waals surface area (Å²) in [6.07, 6.45) is 3.69. The minimum absolute atomic E-state index is 0.498. The smallest absolute Gasteiger partial charge is 0.326 e. The fourth-order valence-corrected chi connectivity index (χ4v) is 2.97. The van der Waals surface area contributed by atoms with Crippen molar-refractivity contribution in [1.29, 1.82) is 0 Å². The number of hydrogen-bond donors (Lipinski definition) is 1. The number of carboxylic acids is 1. The van der Waals surface area contributed by atoms with Crippen molar-refractivity contribution in [2.45, 2.75) is 38.6 Å². The van der Waals surface area contributed by atoms with Crippen LogP contribution in [0.4, 0.5) is 5.82 Å². The maximum Gasteiger partial charge on any atom is 0.326 e. The average Bonchev–Trinajstić information content (AvgIpc) is 2.72. The Morgan fingerprint density at radius 1 is 1.19 bits per heavy atom. The van der Waals surface area contributed by atoms with Crippen LogP contribution in [0.2, 0.25) is 0 Å². The van der Waals surface area contributed by atoms with Crippen molar-refractivity contribution in [2.24, 2.45) is 0 Å². The number of nitrogens with zero attached hydrogens (tertiary/aromatic N) is 3. The van der Waals surface area contributed by atoms with Crippen molar-refractivity contribution in [2.75, 3.05) is 11.4 Å². The third-order valence-corrected chi connectivity index (χ3v) is 4.03. The van der Waals surface area contributed by atoms with Gasteiger partial charge in [-0.15, -0.1) is 0 Å². The van der Waals surface area contributed by atoms with E-state index in [4.69, 9.17) is 0 Å². The number of carboxylic acid groups (broad SMARTS) is 1. The van der Waals surface area contributed by atoms with E-state index in [0.29, 0.717) is 12.2 Å². The van der Waals surface area contributed by atoms with Gasteiger partial charge in [0.2, 0.25) is 0 Å². The number of hydrogen-bond acceptors (Lipinski definition) is 4. The summed E-state index contributed by atoms with van der Waals surface area (Å²) >= 11 is 0. The second kappa shape index (κ2) is 5.68. The van der Waals surface area contributed by atoms with Gasteiger partial charge in [0.05, 0.1) is 16.7 Å². The molecule has 0 spiro atoms. The Balaban J connectivity index is 2.07. The maximum absolute atomic E-state index is 11.6. The molecule has 5 nitrogen and oxygen atoms in total. The van der Waals surface area contributed by atoms with Crippen molar-refractivity contribution in [3.05, 3.63) is 30.0 Å². The van der Waals surface area contributed by atoms with Crippen LogP contribution in [0.1, 0.15) is 31.4 Å². The van der Waals surface area contributed by atoms with E-state index in [9.17, 15) is 9.90 Å². The molecular formula is C16H19N3O2. The van der Waals surface area contributed by atoms with Crippen LogP contribution in [0.3, 0.4) is 0 Å². The van der Waals surface area contributed by atoms with Gasteiger partial charge < -0.3 is 10.0 Å². The van der Waals surface area contributed by atoms with Crippen molar-refractivity contribution >= 4 is 22.8 Å². The fourth-order valence-electron chi connectivity index (χ4n) is 2.97. The molecule has 3 rings (SSSR count). The molecule has 1 aromatic heterocycles. The average molecular weight is 285 g/mol. The number of aryl methyl sites for hydroxylation is 1. The Labute approximate surface area is 123 Å². The normalized spacial score (nSPS) is 19.5. The largest absolute Gasteiger partial charge is 0.480 e. The van der Waals surface area contributed by atoms with E-state index in [2.05, 4.69) is 9.97 Å². The molecule has 1 fully saturated rings. The lowest BCUT2D eigenvalue weighted by Crippen LogP contribution is -2.41. The molecule has 110 valence electrons. The van der Waals surface area contributed by atoms with Gasteiger partial charge >= 0.3 is 5.97 Å². The van der Waals surface area contributed by atoms with Crippen molar-refractivity contribution < 1.29 is 9.90 Å². The monoisotopic (exact) mass is 285 g/mol. The number of aromatic nitrogens is 2. The highest BCUT2D eigenvalue weighted by Gasteiger charge is 2.29. The first-order chi connectivity index (χ1) is 10.2. The van der Waals surface area contributed by atoms with Gasteiger partial charge in [0, 0.05) is 6.54 Å². The van der Waals surface area contributed by atoms with Gasteiger partial charge in [0.25, 0.3) is 0 Å². The molecule has 1 N–H and O–H groups in total. The minimum Gasteiger partial charge on any atom is -0.480 e. The molecule has 0 saturated carbocycles. The second-order valence-electron chi connectivity index (χ2n) is 5.52. The van der Waals surface area contributed by atoms with Crippen LogP contribution >= 0.6 is 0 Å². The summed E-state index contributed by atoms with van der Waals surface area (Å²) < 4.78 is 0. The van der Waals surface area contributed by atoms with Crippen molar-refractivity contribution in [3.8, 4) is 0 Å². The molecule has 1 aliphatic rings. The van der Waals surface area contributed by atoms with Crippen LogP contribution in [-0.4, -0.2) is 33.6 Å². The lowest BCUT2D eigenvalue weighted by Gasteiger charge is -2.29. The zero-order chi connectivity index (χ0) is 14.8. The van der Waals surface area contributed by atoms with Crippen LogP contribution < -0.4 is 4.90 Å². The van der Waals surface area contributed by atoms with E-state index in [0.717, 1.165) is 42.5 Å². The molecule has 21 heavy (non-hydrogen) atoms. The van der Waals surface area contributed by atoms with Crippen molar-refractivity contribution in [3.63, 3.8) is 0 Å². The molecule has 0 aliphatic carbocycles. The summed E-state index contributed by atoms with van der Waals surface area (Å²) in [5, 5.41) is 9.51. The Morgan fingerprint density at radius 3 is 2.62 bits per heavy atom. The van der Waals surface area contributed by atoms with Crippen LogP contribution in [0.25, 0.3) is 11.0 Å². The van der Waals surface area contributed by atoms with E-state index in [-0.39, 0.29) is 0 Å². The SMILES string of the molecule is Cc1nc2ccccc2nc1N1CCCCCC1C(=O)O. The van der Waals surface area contributed by atoms with Gasteiger partial charge in [0.15, 0.2) is 5.82 Å². The van der Waals surface area contributed by atoms with E-state index in [1.165, 1.54) is 0 Å². The number of benzene rings is 1. The molecule has 1 aliphatic heterocycles. The molecule has 2 heterocycles. The Bertz CT molecular complexity index is 672. The van der Waals surface area contributed by atoms with Crippen LogP contribution in [-0.2, 0) is 4.79 Å². The highest BCUT2D eigenvalue weighted by atomic mass is 16.4. The first-order valence-electron chi connectivity index (χ1n) is 7.39. The first kappa shape index (κ1) is 13.8. The molecule has 1 aromatic carbocycles. The predicted octanol–water partition coefficient (Wildman–Crippen LogP) is 2.77. The van der Waals surface area contributed by atoms with E-state index in [1.807, 2.05) is 36.1 Å². The van der Waals surface area contributed by atoms with Crippen LogP contribution in [0.5, 0.6) is 0 Å². The standard InChI is InChI=1S/C16H19N3O2/c1-11-15(18-13-8-5-4-7-12(13)17-11)19-10-6-2-3-9-14(19)16(20)21/h4-5,7-8,14H,2-3,6,9-10H2,1H3,(H,20,21). The number of carbonyl (C=O) groups is 1. The van der Waals surface area contributed by atoms with Gasteiger partial charge in [-0.05, 0) is 31.9 Å². The van der Waals surface area contributed by atoms with E-state index in [1.54, 1.807) is 0 Å². The van der Waals surface area contributed by atoms with Gasteiger partial charge in [-0.25, -0.2) is 14.8 Å². The number of aliphatic carboxylic acids is 1. The fraction of sp³-hybridized carbons (Fsp3) is 0.438. The molecule has 1 atom stereocenters. The number of para-hydroxylation sites is 2. The molecule has 0 amide bonds. The van der Waals surface area contributed by atoms with Crippen LogP contribution in [0, 0.1) is 6.92 Å². The minimum atomic E-state index is -0.772. The molecule has 0 bridgehead atoms. The van der Waals surface area contributed by atoms with E-state index < -0.39 is 12.0 Å². The molecule has 0 radical (unpaired) electrons. The molecule has 1 unspecified atom stereocenters. The predicted molar refractivity (Wildman–Crippen MR) is 81.5 cm³/mol. The Morgan fingerprint density at radius 2 is 1.90 bits per heavy atom. The van der Waals surface area contributed by atoms with Crippen molar-refractivity contribution in [1.82, 2.24) is 9.97 Å². The number of anilines is 1. The maximum atomic E-state index is 11.6. The van der Waals surface area contributed by atoms with Gasteiger partial charge in [-0.2, -0.15) is 0 Å². The summed E-state index contributed by atoms with van der Waals surface area (Å²) in [5.41, 5.74) is 2.45. The van der Waals surface area contributed by atoms with Gasteiger partial charge in [-0.3, -0.25) is 0 Å². The summed E-state index contributed by atoms with van der Waals surface area (Å²) in [6, 6.07) is 7.20. The summed E-state index contributed by atoms with van der Waals surface area (Å²) in [6.45, 7) is 2.63. The molecule has 2 aromatic rings. The number of rotatable bonds is 2. The Hall–Kier alpha value is -2.17. The lowest BCUT2D eigenvalue weighted by molar-refractivity contribution is -0.138. The van der Waals surface area contributed by atoms with Gasteiger partial charge in [0.1, 0.15) is 6.04 Å². The first-order valence-corrected chi connectivity index (χ1v) is 7.39. The summed E-state index contributed by atoms with van der Waals surface area (Å²) in [4.78, 5) is 22.7. The summed E-state index contributed by atoms with van der Waals surface area (Å²) in [5.74, 6) is -0.0609. The highest BCUT2D eigenvalue weighted by molar-refractivity contribution is 5.80. The van der Waals surface area contributed by atoms with E-state index >= 15 is 0 Å². The third kappa shape index (κ3) is 2.68. The molecular weight excluding hydrogens is 266 g/mol. The highest BCUT2D eigenvalue weighted by Crippen LogP contribution is 2.26. The Kier molecular flexibility index (Phi) is 3.73. The molecule has 5 heteroatoms. The zero-order valence-corrected chi connectivity index (χ0v) is 12.1. The van der Waals surface area contributed by atoms with Gasteiger partial charge in [-0.1, -0.05) is 25.0 Å². The van der Waals surface area contributed by atoms with Crippen LogP contribution in [0.15, 0.2) is 24.3 Å². The zero-order valence-electron chi connectivity index (χ0n) is 12.1. The second-order valence-corrected chi connectivity index (χ2v) is 5.52. The topological polar surface area (TPSA) is 66.3 Å². The lowest BCUT2D eigenvalue weighted by atomic mass is 10.1. The molecule has 1 saturated heterocycles. The summed E-state index contributed by atoms with van der Waals surface area (Å²) in [7, 11) is 0. The quantitative estimate of drug-likeness (QED) is 0.919. The number of fused-ring (bicyclic) bond motifs is 1.